The van der Waals surface area contributed by atoms with E-state index >= 15 is 0 Å². The summed E-state index contributed by atoms with van der Waals surface area (Å²) in [5.41, 5.74) is 0.592. The highest BCUT2D eigenvalue weighted by atomic mass is 19.1. The molecule has 0 aliphatic heterocycles. The average Bonchev–Trinajstić information content (AvgIpc) is 2.39. The monoisotopic (exact) mass is 248 g/mol. The maximum absolute atomic E-state index is 13.5. The van der Waals surface area contributed by atoms with Crippen LogP contribution in [0, 0.1) is 5.82 Å². The van der Waals surface area contributed by atoms with E-state index in [2.05, 4.69) is 20.6 Å². The smallest absolute Gasteiger partial charge is 0.167 e. The lowest BCUT2D eigenvalue weighted by atomic mass is 10.3. The first-order valence-electron chi connectivity index (χ1n) is 5.33. The van der Waals surface area contributed by atoms with E-state index in [1.165, 1.54) is 19.5 Å². The van der Waals surface area contributed by atoms with Crippen LogP contribution in [0.1, 0.15) is 0 Å². The van der Waals surface area contributed by atoms with Gasteiger partial charge in [-0.2, -0.15) is 0 Å². The molecule has 0 aliphatic rings. The van der Waals surface area contributed by atoms with E-state index in [4.69, 9.17) is 4.74 Å². The predicted molar refractivity (Wildman–Crippen MR) is 67.8 cm³/mol. The minimum absolute atomic E-state index is 0.208. The van der Waals surface area contributed by atoms with Crippen molar-refractivity contribution in [1.29, 1.82) is 0 Å². The van der Waals surface area contributed by atoms with Gasteiger partial charge in [0, 0.05) is 24.9 Å². The molecule has 0 aliphatic carbocycles. The molecule has 0 saturated heterocycles. The summed E-state index contributed by atoms with van der Waals surface area (Å²) in [4.78, 5) is 8.03. The molecule has 6 heteroatoms. The molecule has 0 saturated carbocycles. The molecule has 1 heterocycles. The summed E-state index contributed by atoms with van der Waals surface area (Å²) in [6.45, 7) is 0. The number of hydrogen-bond acceptors (Lipinski definition) is 5. The second-order valence-corrected chi connectivity index (χ2v) is 3.51. The van der Waals surface area contributed by atoms with E-state index in [9.17, 15) is 4.39 Å². The molecule has 2 N–H and O–H groups in total. The zero-order chi connectivity index (χ0) is 13.0. The maximum atomic E-state index is 13.5. The van der Waals surface area contributed by atoms with Crippen LogP contribution in [0.3, 0.4) is 0 Å². The van der Waals surface area contributed by atoms with Crippen LogP contribution in [-0.4, -0.2) is 24.1 Å². The number of nitrogens with one attached hydrogen (secondary N) is 2. The Labute approximate surface area is 104 Å². The second kappa shape index (κ2) is 5.31. The number of methoxy groups -OCH3 is 1. The molecular formula is C12H13FN4O. The van der Waals surface area contributed by atoms with E-state index in [1.54, 1.807) is 25.2 Å². The van der Waals surface area contributed by atoms with Gasteiger partial charge in [-0.1, -0.05) is 0 Å². The van der Waals surface area contributed by atoms with Crippen LogP contribution in [0.25, 0.3) is 0 Å². The molecule has 2 rings (SSSR count). The quantitative estimate of drug-likeness (QED) is 0.870. The molecule has 0 spiro atoms. The molecule has 18 heavy (non-hydrogen) atoms. The summed E-state index contributed by atoms with van der Waals surface area (Å²) >= 11 is 0. The molecule has 0 unspecified atom stereocenters. The van der Waals surface area contributed by atoms with Gasteiger partial charge in [0.1, 0.15) is 18.0 Å². The number of hydrogen-bond donors (Lipinski definition) is 2. The van der Waals surface area contributed by atoms with Crippen molar-refractivity contribution in [3.05, 3.63) is 36.4 Å². The van der Waals surface area contributed by atoms with Gasteiger partial charge in [0.2, 0.25) is 0 Å². The summed E-state index contributed by atoms with van der Waals surface area (Å²) in [5.74, 6) is 1.05. The van der Waals surface area contributed by atoms with Crippen LogP contribution < -0.4 is 15.4 Å². The molecule has 1 aromatic carbocycles. The topological polar surface area (TPSA) is 59.1 Å². The summed E-state index contributed by atoms with van der Waals surface area (Å²) in [6, 6.07) is 6.34. The van der Waals surface area contributed by atoms with Crippen LogP contribution in [0.2, 0.25) is 0 Å². The number of anilines is 3. The molecule has 0 radical (unpaired) electrons. The number of halogens is 1. The molecule has 0 bridgehead atoms. The largest absolute Gasteiger partial charge is 0.494 e. The SMILES string of the molecule is CNc1cc(Nc2ccc(OC)c(F)c2)ncn1. The van der Waals surface area contributed by atoms with Gasteiger partial charge >= 0.3 is 0 Å². The Morgan fingerprint density at radius 2 is 1.94 bits per heavy atom. The summed E-state index contributed by atoms with van der Waals surface area (Å²) in [6.07, 6.45) is 1.42. The van der Waals surface area contributed by atoms with E-state index < -0.39 is 5.82 Å². The Bertz CT molecular complexity index is 547. The van der Waals surface area contributed by atoms with Crippen molar-refractivity contribution >= 4 is 17.3 Å². The minimum Gasteiger partial charge on any atom is -0.494 e. The lowest BCUT2D eigenvalue weighted by Crippen LogP contribution is -1.98. The molecule has 0 fully saturated rings. The predicted octanol–water partition coefficient (Wildman–Crippen LogP) is 2.41. The van der Waals surface area contributed by atoms with Crippen molar-refractivity contribution in [2.45, 2.75) is 0 Å². The van der Waals surface area contributed by atoms with Gasteiger partial charge in [-0.3, -0.25) is 0 Å². The number of benzene rings is 1. The Hall–Kier alpha value is -2.37. The fraction of sp³-hybridized carbons (Fsp3) is 0.167. The lowest BCUT2D eigenvalue weighted by Gasteiger charge is -2.08. The second-order valence-electron chi connectivity index (χ2n) is 3.51. The van der Waals surface area contributed by atoms with Crippen molar-refractivity contribution in [2.75, 3.05) is 24.8 Å². The molecule has 2 aromatic rings. The number of aromatic nitrogens is 2. The summed E-state index contributed by atoms with van der Waals surface area (Å²) in [7, 11) is 3.19. The van der Waals surface area contributed by atoms with Crippen LogP contribution in [0.4, 0.5) is 21.7 Å². The van der Waals surface area contributed by atoms with Crippen LogP contribution >= 0.6 is 0 Å². The summed E-state index contributed by atoms with van der Waals surface area (Å²) in [5, 5.41) is 5.88. The van der Waals surface area contributed by atoms with Gasteiger partial charge in [0.15, 0.2) is 11.6 Å². The fourth-order valence-corrected chi connectivity index (χ4v) is 1.45. The first kappa shape index (κ1) is 12.1. The third kappa shape index (κ3) is 2.65. The van der Waals surface area contributed by atoms with Gasteiger partial charge < -0.3 is 15.4 Å². The third-order valence-corrected chi connectivity index (χ3v) is 2.35. The zero-order valence-corrected chi connectivity index (χ0v) is 10.1. The highest BCUT2D eigenvalue weighted by Crippen LogP contribution is 2.23. The third-order valence-electron chi connectivity index (χ3n) is 2.35. The Kier molecular flexibility index (Phi) is 3.57. The van der Waals surface area contributed by atoms with Crippen molar-refractivity contribution in [1.82, 2.24) is 9.97 Å². The lowest BCUT2D eigenvalue weighted by molar-refractivity contribution is 0.386. The van der Waals surface area contributed by atoms with Crippen LogP contribution in [0.15, 0.2) is 30.6 Å². The fourth-order valence-electron chi connectivity index (χ4n) is 1.45. The van der Waals surface area contributed by atoms with E-state index in [0.29, 0.717) is 17.3 Å². The molecule has 0 atom stereocenters. The first-order chi connectivity index (χ1) is 8.72. The molecule has 1 aromatic heterocycles. The van der Waals surface area contributed by atoms with Crippen molar-refractivity contribution in [3.8, 4) is 5.75 Å². The van der Waals surface area contributed by atoms with E-state index in [0.717, 1.165) is 0 Å². The van der Waals surface area contributed by atoms with E-state index in [1.807, 2.05) is 0 Å². The maximum Gasteiger partial charge on any atom is 0.167 e. The Morgan fingerprint density at radius 1 is 1.17 bits per heavy atom. The van der Waals surface area contributed by atoms with Gasteiger partial charge in [0.25, 0.3) is 0 Å². The van der Waals surface area contributed by atoms with Crippen LogP contribution in [0.5, 0.6) is 5.75 Å². The van der Waals surface area contributed by atoms with Gasteiger partial charge in [-0.05, 0) is 12.1 Å². The number of rotatable bonds is 4. The molecule has 94 valence electrons. The van der Waals surface area contributed by atoms with Crippen molar-refractivity contribution < 1.29 is 9.13 Å². The number of nitrogens with zero attached hydrogens (tertiary/aromatic N) is 2. The normalized spacial score (nSPS) is 9.94. The Morgan fingerprint density at radius 3 is 2.61 bits per heavy atom. The van der Waals surface area contributed by atoms with Crippen molar-refractivity contribution in [2.24, 2.45) is 0 Å². The van der Waals surface area contributed by atoms with Crippen molar-refractivity contribution in [3.63, 3.8) is 0 Å². The number of ether oxygens (including phenoxy) is 1. The van der Waals surface area contributed by atoms with Gasteiger partial charge in [0.05, 0.1) is 7.11 Å². The van der Waals surface area contributed by atoms with Gasteiger partial charge in [-0.15, -0.1) is 0 Å². The highest BCUT2D eigenvalue weighted by Gasteiger charge is 2.04. The molecule has 5 nitrogen and oxygen atoms in total. The van der Waals surface area contributed by atoms with Gasteiger partial charge in [-0.25, -0.2) is 14.4 Å². The van der Waals surface area contributed by atoms with E-state index in [-0.39, 0.29) is 5.75 Å². The van der Waals surface area contributed by atoms with Crippen LogP contribution in [-0.2, 0) is 0 Å². The molecule has 0 amide bonds. The summed E-state index contributed by atoms with van der Waals surface area (Å²) < 4.78 is 18.3. The highest BCUT2D eigenvalue weighted by molar-refractivity contribution is 5.59. The molecular weight excluding hydrogens is 235 g/mol. The minimum atomic E-state index is -0.426. The standard InChI is InChI=1S/C12H13FN4O/c1-14-11-6-12(16-7-15-11)17-8-3-4-10(18-2)9(13)5-8/h3-7H,1-2H3,(H2,14,15,16,17). The zero-order valence-electron chi connectivity index (χ0n) is 10.1. The first-order valence-corrected chi connectivity index (χ1v) is 5.33. The Balaban J connectivity index is 2.20. The average molecular weight is 248 g/mol.